The first-order valence-corrected chi connectivity index (χ1v) is 7.09. The van der Waals surface area contributed by atoms with Crippen molar-refractivity contribution in [2.45, 2.75) is 36.4 Å². The van der Waals surface area contributed by atoms with Gasteiger partial charge in [0.25, 0.3) is 0 Å². The number of rotatable bonds is 6. The molecule has 19 heavy (non-hydrogen) atoms. The maximum absolute atomic E-state index is 14.1. The Kier molecular flexibility index (Phi) is 4.93. The molecule has 2 N–H and O–H groups in total. The second-order valence-corrected chi connectivity index (χ2v) is 5.25. The Bertz CT molecular complexity index is 515. The van der Waals surface area contributed by atoms with Gasteiger partial charge in [-0.15, -0.1) is 0 Å². The fourth-order valence-corrected chi connectivity index (χ4v) is 2.77. The number of aromatic nitrogens is 3. The molecule has 0 aliphatic rings. The van der Waals surface area contributed by atoms with Gasteiger partial charge in [-0.2, -0.15) is 5.10 Å². The van der Waals surface area contributed by atoms with E-state index in [0.29, 0.717) is 10.7 Å². The Morgan fingerprint density at radius 3 is 3.00 bits per heavy atom. The van der Waals surface area contributed by atoms with Crippen molar-refractivity contribution in [2.75, 3.05) is 6.54 Å². The zero-order chi connectivity index (χ0) is 13.7. The van der Waals surface area contributed by atoms with Gasteiger partial charge in [0.15, 0.2) is 5.16 Å². The van der Waals surface area contributed by atoms with Crippen LogP contribution in [0.4, 0.5) is 4.39 Å². The summed E-state index contributed by atoms with van der Waals surface area (Å²) in [7, 11) is 0. The van der Waals surface area contributed by atoms with E-state index in [1.807, 2.05) is 13.0 Å². The number of halogens is 1. The first-order valence-electron chi connectivity index (χ1n) is 6.27. The largest absolute Gasteiger partial charge is 0.310 e. The first-order chi connectivity index (χ1) is 9.22. The number of nitrogens with zero attached hydrogens (tertiary/aromatic N) is 2. The summed E-state index contributed by atoms with van der Waals surface area (Å²) in [5.41, 5.74) is 0.678. The fraction of sp³-hybridized carbons (Fsp3) is 0.385. The molecule has 2 aromatic rings. The number of aromatic amines is 1. The predicted octanol–water partition coefficient (Wildman–Crippen LogP) is 3.16. The monoisotopic (exact) mass is 280 g/mol. The van der Waals surface area contributed by atoms with E-state index in [9.17, 15) is 4.39 Å². The standard InChI is InChI=1S/C13H17FN4S/c1-3-7-15-9(2)12-10(14)5-4-6-11(12)19-13-16-8-17-18-13/h4-6,8-9,15H,3,7H2,1-2H3,(H,16,17,18). The highest BCUT2D eigenvalue weighted by molar-refractivity contribution is 7.99. The molecule has 0 amide bonds. The lowest BCUT2D eigenvalue weighted by atomic mass is 10.1. The van der Waals surface area contributed by atoms with E-state index in [1.165, 1.54) is 24.2 Å². The Labute approximate surface area is 116 Å². The average Bonchev–Trinajstić information content (AvgIpc) is 2.89. The van der Waals surface area contributed by atoms with Crippen LogP contribution in [0.5, 0.6) is 0 Å². The average molecular weight is 280 g/mol. The lowest BCUT2D eigenvalue weighted by molar-refractivity contribution is 0.519. The van der Waals surface area contributed by atoms with Gasteiger partial charge in [-0.05, 0) is 43.8 Å². The first kappa shape index (κ1) is 14.0. The van der Waals surface area contributed by atoms with Crippen molar-refractivity contribution < 1.29 is 4.39 Å². The van der Waals surface area contributed by atoms with Gasteiger partial charge in [-0.25, -0.2) is 9.37 Å². The summed E-state index contributed by atoms with van der Waals surface area (Å²) in [6, 6.07) is 5.07. The topological polar surface area (TPSA) is 53.6 Å². The number of nitrogens with one attached hydrogen (secondary N) is 2. The van der Waals surface area contributed by atoms with E-state index in [-0.39, 0.29) is 11.9 Å². The van der Waals surface area contributed by atoms with E-state index in [1.54, 1.807) is 6.07 Å². The zero-order valence-electron chi connectivity index (χ0n) is 11.0. The number of hydrogen-bond acceptors (Lipinski definition) is 4. The normalized spacial score (nSPS) is 12.6. The molecule has 0 fully saturated rings. The molecule has 1 atom stereocenters. The van der Waals surface area contributed by atoms with Gasteiger partial charge in [0.2, 0.25) is 0 Å². The molecule has 0 bridgehead atoms. The van der Waals surface area contributed by atoms with Gasteiger partial charge in [-0.3, -0.25) is 5.10 Å². The summed E-state index contributed by atoms with van der Waals surface area (Å²) < 4.78 is 14.1. The molecule has 0 saturated carbocycles. The van der Waals surface area contributed by atoms with E-state index in [2.05, 4.69) is 27.4 Å². The van der Waals surface area contributed by atoms with Crippen LogP contribution >= 0.6 is 11.8 Å². The van der Waals surface area contributed by atoms with Gasteiger partial charge in [0, 0.05) is 16.5 Å². The maximum atomic E-state index is 14.1. The molecule has 102 valence electrons. The quantitative estimate of drug-likeness (QED) is 0.853. The molecule has 0 radical (unpaired) electrons. The van der Waals surface area contributed by atoms with Crippen molar-refractivity contribution in [2.24, 2.45) is 0 Å². The third kappa shape index (κ3) is 3.54. The molecule has 4 nitrogen and oxygen atoms in total. The predicted molar refractivity (Wildman–Crippen MR) is 73.6 cm³/mol. The Morgan fingerprint density at radius 2 is 2.32 bits per heavy atom. The zero-order valence-corrected chi connectivity index (χ0v) is 11.8. The highest BCUT2D eigenvalue weighted by Gasteiger charge is 2.16. The van der Waals surface area contributed by atoms with Crippen LogP contribution in [0.25, 0.3) is 0 Å². The van der Waals surface area contributed by atoms with Gasteiger partial charge < -0.3 is 5.32 Å². The Morgan fingerprint density at radius 1 is 1.47 bits per heavy atom. The Hall–Kier alpha value is -1.40. The number of hydrogen-bond donors (Lipinski definition) is 2. The molecule has 0 aliphatic heterocycles. The van der Waals surface area contributed by atoms with E-state index in [4.69, 9.17) is 0 Å². The molecule has 2 rings (SSSR count). The van der Waals surface area contributed by atoms with E-state index < -0.39 is 0 Å². The second kappa shape index (κ2) is 6.68. The summed E-state index contributed by atoms with van der Waals surface area (Å²) in [6.07, 6.45) is 2.46. The van der Waals surface area contributed by atoms with Gasteiger partial charge in [-0.1, -0.05) is 13.0 Å². The molecule has 1 aromatic carbocycles. The lowest BCUT2D eigenvalue weighted by Gasteiger charge is -2.17. The van der Waals surface area contributed by atoms with Crippen molar-refractivity contribution in [3.05, 3.63) is 35.9 Å². The summed E-state index contributed by atoms with van der Waals surface area (Å²) in [5, 5.41) is 10.5. The van der Waals surface area contributed by atoms with Crippen LogP contribution in [0.15, 0.2) is 34.6 Å². The van der Waals surface area contributed by atoms with Crippen LogP contribution in [0, 0.1) is 5.82 Å². The molecular weight excluding hydrogens is 263 g/mol. The lowest BCUT2D eigenvalue weighted by Crippen LogP contribution is -2.21. The van der Waals surface area contributed by atoms with Crippen molar-refractivity contribution >= 4 is 11.8 Å². The van der Waals surface area contributed by atoms with Gasteiger partial charge in [0.05, 0.1) is 0 Å². The third-order valence-corrected chi connectivity index (χ3v) is 3.71. The van der Waals surface area contributed by atoms with Crippen LogP contribution in [0.2, 0.25) is 0 Å². The highest BCUT2D eigenvalue weighted by atomic mass is 32.2. The summed E-state index contributed by atoms with van der Waals surface area (Å²) >= 11 is 1.39. The molecule has 6 heteroatoms. The third-order valence-electron chi connectivity index (χ3n) is 2.75. The van der Waals surface area contributed by atoms with Crippen LogP contribution in [-0.2, 0) is 0 Å². The van der Waals surface area contributed by atoms with Crippen LogP contribution in [0.1, 0.15) is 31.9 Å². The molecule has 1 unspecified atom stereocenters. The minimum atomic E-state index is -0.194. The maximum Gasteiger partial charge on any atom is 0.188 e. The summed E-state index contributed by atoms with van der Waals surface area (Å²) in [4.78, 5) is 4.91. The molecule has 0 aliphatic carbocycles. The summed E-state index contributed by atoms with van der Waals surface area (Å²) in [5.74, 6) is -0.194. The molecule has 0 spiro atoms. The minimum Gasteiger partial charge on any atom is -0.310 e. The van der Waals surface area contributed by atoms with Crippen molar-refractivity contribution in [1.29, 1.82) is 0 Å². The molecule has 0 saturated heterocycles. The highest BCUT2D eigenvalue weighted by Crippen LogP contribution is 2.32. The van der Waals surface area contributed by atoms with E-state index >= 15 is 0 Å². The molecule has 1 heterocycles. The minimum absolute atomic E-state index is 0.0356. The summed E-state index contributed by atoms with van der Waals surface area (Å²) in [6.45, 7) is 4.92. The fourth-order valence-electron chi connectivity index (χ4n) is 1.84. The number of benzene rings is 1. The Balaban J connectivity index is 2.25. The molecule has 1 aromatic heterocycles. The van der Waals surface area contributed by atoms with E-state index in [0.717, 1.165) is 17.9 Å². The van der Waals surface area contributed by atoms with Crippen LogP contribution in [-0.4, -0.2) is 21.7 Å². The molecular formula is C13H17FN4S. The van der Waals surface area contributed by atoms with Crippen molar-refractivity contribution in [3.63, 3.8) is 0 Å². The van der Waals surface area contributed by atoms with Crippen LogP contribution < -0.4 is 5.32 Å². The van der Waals surface area contributed by atoms with Crippen molar-refractivity contribution in [1.82, 2.24) is 20.5 Å². The van der Waals surface area contributed by atoms with Gasteiger partial charge in [0.1, 0.15) is 12.1 Å². The second-order valence-electron chi connectivity index (χ2n) is 4.22. The SMILES string of the molecule is CCCNC(C)c1c(F)cccc1Sc1ncn[nH]1. The van der Waals surface area contributed by atoms with Gasteiger partial charge >= 0.3 is 0 Å². The number of H-pyrrole nitrogens is 1. The smallest absolute Gasteiger partial charge is 0.188 e. The van der Waals surface area contributed by atoms with Crippen LogP contribution in [0.3, 0.4) is 0 Å². The van der Waals surface area contributed by atoms with Crippen molar-refractivity contribution in [3.8, 4) is 0 Å².